The molecule has 3 atom stereocenters. The van der Waals surface area contributed by atoms with Crippen LogP contribution >= 0.6 is 0 Å². The van der Waals surface area contributed by atoms with Gasteiger partial charge in [-0.05, 0) is 37.3 Å². The van der Waals surface area contributed by atoms with E-state index in [9.17, 15) is 4.79 Å². The highest BCUT2D eigenvalue weighted by Gasteiger charge is 2.44. The van der Waals surface area contributed by atoms with Crippen LogP contribution in [0, 0.1) is 11.8 Å². The van der Waals surface area contributed by atoms with Crippen LogP contribution in [-0.2, 0) is 4.79 Å². The summed E-state index contributed by atoms with van der Waals surface area (Å²) in [4.78, 5) is 14.6. The summed E-state index contributed by atoms with van der Waals surface area (Å²) in [5, 5.41) is 0. The maximum Gasteiger partial charge on any atom is 0.226 e. The predicted octanol–water partition coefficient (Wildman–Crippen LogP) is 3.02. The first-order chi connectivity index (χ1) is 10.2. The number of benzene rings is 1. The molecule has 3 unspecified atom stereocenters. The quantitative estimate of drug-likeness (QED) is 0.855. The molecular weight excluding hydrogens is 266 g/mol. The van der Waals surface area contributed by atoms with E-state index in [4.69, 9.17) is 9.47 Å². The number of rotatable bonds is 4. The molecule has 0 N–H and O–H groups in total. The summed E-state index contributed by atoms with van der Waals surface area (Å²) >= 11 is 0. The Balaban J connectivity index is 1.86. The van der Waals surface area contributed by atoms with Crippen molar-refractivity contribution in [1.82, 2.24) is 4.90 Å². The summed E-state index contributed by atoms with van der Waals surface area (Å²) in [6, 6.07) is 6.02. The molecular formula is C17H23NO3. The molecule has 1 aromatic carbocycles. The van der Waals surface area contributed by atoms with Gasteiger partial charge in [-0.25, -0.2) is 0 Å². The number of likely N-dealkylation sites (tertiary alicyclic amines) is 1. The number of amides is 1. The fourth-order valence-corrected chi connectivity index (χ4v) is 3.33. The number of carbonyl (C=O) groups is 1. The van der Waals surface area contributed by atoms with E-state index in [-0.39, 0.29) is 12.0 Å². The van der Waals surface area contributed by atoms with Gasteiger partial charge in [0, 0.05) is 24.1 Å². The van der Waals surface area contributed by atoms with Gasteiger partial charge in [-0.3, -0.25) is 4.79 Å². The third kappa shape index (κ3) is 2.59. The Labute approximate surface area is 126 Å². The Kier molecular flexibility index (Phi) is 3.79. The zero-order chi connectivity index (χ0) is 15.0. The smallest absolute Gasteiger partial charge is 0.226 e. The van der Waals surface area contributed by atoms with E-state index in [0.717, 1.165) is 42.9 Å². The van der Waals surface area contributed by atoms with Gasteiger partial charge in [-0.2, -0.15) is 0 Å². The van der Waals surface area contributed by atoms with E-state index in [1.807, 2.05) is 18.2 Å². The molecule has 1 aliphatic carbocycles. The van der Waals surface area contributed by atoms with Gasteiger partial charge in [0.1, 0.15) is 11.5 Å². The second kappa shape index (κ2) is 5.58. The van der Waals surface area contributed by atoms with Crippen molar-refractivity contribution in [3.63, 3.8) is 0 Å². The normalized spacial score (nSPS) is 27.6. The Morgan fingerprint density at radius 3 is 2.67 bits per heavy atom. The van der Waals surface area contributed by atoms with Crippen LogP contribution in [0.15, 0.2) is 18.2 Å². The minimum Gasteiger partial charge on any atom is -0.497 e. The second-order valence-corrected chi connectivity index (χ2v) is 6.12. The topological polar surface area (TPSA) is 38.8 Å². The maximum absolute atomic E-state index is 12.6. The van der Waals surface area contributed by atoms with Crippen LogP contribution in [0.4, 0.5) is 0 Å². The molecule has 4 nitrogen and oxygen atoms in total. The molecule has 1 amide bonds. The predicted molar refractivity (Wildman–Crippen MR) is 80.5 cm³/mol. The molecule has 1 aromatic rings. The summed E-state index contributed by atoms with van der Waals surface area (Å²) in [7, 11) is 3.32. The molecule has 1 saturated heterocycles. The van der Waals surface area contributed by atoms with Gasteiger partial charge in [0.15, 0.2) is 0 Å². The van der Waals surface area contributed by atoms with Crippen molar-refractivity contribution in [1.29, 1.82) is 0 Å². The van der Waals surface area contributed by atoms with Gasteiger partial charge >= 0.3 is 0 Å². The van der Waals surface area contributed by atoms with Gasteiger partial charge in [0.05, 0.1) is 20.3 Å². The summed E-state index contributed by atoms with van der Waals surface area (Å²) in [5.74, 6) is 2.71. The highest BCUT2D eigenvalue weighted by atomic mass is 16.5. The fourth-order valence-electron chi connectivity index (χ4n) is 3.33. The van der Waals surface area contributed by atoms with Crippen molar-refractivity contribution in [3.05, 3.63) is 23.8 Å². The summed E-state index contributed by atoms with van der Waals surface area (Å²) < 4.78 is 10.8. The number of hydrogen-bond donors (Lipinski definition) is 0. The molecule has 1 aliphatic heterocycles. The van der Waals surface area contributed by atoms with Crippen LogP contribution in [0.3, 0.4) is 0 Å². The Hall–Kier alpha value is -1.71. The number of ether oxygens (including phenoxy) is 2. The molecule has 1 heterocycles. The molecule has 114 valence electrons. The first-order valence-electron chi connectivity index (χ1n) is 7.68. The van der Waals surface area contributed by atoms with Crippen molar-refractivity contribution in [2.75, 3.05) is 20.8 Å². The number of carbonyl (C=O) groups excluding carboxylic acids is 1. The minimum atomic E-state index is 0.145. The lowest BCUT2D eigenvalue weighted by molar-refractivity contribution is -0.133. The van der Waals surface area contributed by atoms with Crippen molar-refractivity contribution >= 4 is 5.91 Å². The molecule has 0 bridgehead atoms. The van der Waals surface area contributed by atoms with Gasteiger partial charge in [-0.15, -0.1) is 0 Å². The first-order valence-corrected chi connectivity index (χ1v) is 7.68. The van der Waals surface area contributed by atoms with Gasteiger partial charge in [0.2, 0.25) is 5.91 Å². The Bertz CT molecular complexity index is 543. The lowest BCUT2D eigenvalue weighted by atomic mass is 10.0. The van der Waals surface area contributed by atoms with Crippen LogP contribution in [0.5, 0.6) is 11.5 Å². The van der Waals surface area contributed by atoms with Gasteiger partial charge < -0.3 is 14.4 Å². The molecule has 0 radical (unpaired) electrons. The van der Waals surface area contributed by atoms with Crippen molar-refractivity contribution in [3.8, 4) is 11.5 Å². The molecule has 0 spiro atoms. The van der Waals surface area contributed by atoms with Gasteiger partial charge in [0.25, 0.3) is 0 Å². The third-order valence-corrected chi connectivity index (χ3v) is 4.76. The monoisotopic (exact) mass is 289 g/mol. The third-order valence-electron chi connectivity index (χ3n) is 4.76. The van der Waals surface area contributed by atoms with Crippen LogP contribution in [-0.4, -0.2) is 31.6 Å². The highest BCUT2D eigenvalue weighted by molar-refractivity contribution is 5.82. The van der Waals surface area contributed by atoms with E-state index < -0.39 is 0 Å². The Morgan fingerprint density at radius 2 is 2.05 bits per heavy atom. The highest BCUT2D eigenvalue weighted by Crippen LogP contribution is 2.44. The van der Waals surface area contributed by atoms with Crippen LogP contribution < -0.4 is 9.47 Å². The number of nitrogens with zero attached hydrogens (tertiary/aromatic N) is 1. The second-order valence-electron chi connectivity index (χ2n) is 6.12. The van der Waals surface area contributed by atoms with E-state index in [1.54, 1.807) is 14.2 Å². The number of methoxy groups -OCH3 is 2. The number of hydrogen-bond acceptors (Lipinski definition) is 3. The summed E-state index contributed by atoms with van der Waals surface area (Å²) in [6.45, 7) is 3.02. The summed E-state index contributed by atoms with van der Waals surface area (Å²) in [6.07, 6.45) is 3.12. The summed E-state index contributed by atoms with van der Waals surface area (Å²) in [5.41, 5.74) is 1.09. The molecule has 1 saturated carbocycles. The van der Waals surface area contributed by atoms with E-state index in [0.29, 0.717) is 11.8 Å². The van der Waals surface area contributed by atoms with E-state index in [1.165, 1.54) is 0 Å². The largest absolute Gasteiger partial charge is 0.497 e. The molecule has 4 heteroatoms. The molecule has 21 heavy (non-hydrogen) atoms. The molecule has 3 rings (SSSR count). The van der Waals surface area contributed by atoms with Crippen LogP contribution in [0.1, 0.15) is 37.8 Å². The Morgan fingerprint density at radius 1 is 1.29 bits per heavy atom. The molecule has 2 fully saturated rings. The maximum atomic E-state index is 12.6. The van der Waals surface area contributed by atoms with Crippen molar-refractivity contribution < 1.29 is 14.3 Å². The van der Waals surface area contributed by atoms with E-state index in [2.05, 4.69) is 11.8 Å². The zero-order valence-corrected chi connectivity index (χ0v) is 13.0. The van der Waals surface area contributed by atoms with Crippen molar-refractivity contribution in [2.24, 2.45) is 11.8 Å². The van der Waals surface area contributed by atoms with E-state index >= 15 is 0 Å². The first kappa shape index (κ1) is 14.2. The van der Waals surface area contributed by atoms with Crippen LogP contribution in [0.25, 0.3) is 0 Å². The standard InChI is InChI=1S/C17H23NO3/c1-11-9-14(11)17(19)18-8-4-5-15(18)13-7-6-12(20-2)10-16(13)21-3/h6-7,10-11,14-15H,4-5,8-9H2,1-3H3. The minimum absolute atomic E-state index is 0.145. The van der Waals surface area contributed by atoms with Crippen molar-refractivity contribution in [2.45, 2.75) is 32.2 Å². The average molecular weight is 289 g/mol. The SMILES string of the molecule is COc1ccc(C2CCCN2C(=O)C2CC2C)c(OC)c1. The fraction of sp³-hybridized carbons (Fsp3) is 0.588. The molecule has 0 aromatic heterocycles. The zero-order valence-electron chi connectivity index (χ0n) is 13.0. The average Bonchev–Trinajstić information content (AvgIpc) is 3.05. The lowest BCUT2D eigenvalue weighted by Gasteiger charge is -2.26. The van der Waals surface area contributed by atoms with Gasteiger partial charge in [-0.1, -0.05) is 6.92 Å². The lowest BCUT2D eigenvalue weighted by Crippen LogP contribution is -2.32. The van der Waals surface area contributed by atoms with Crippen LogP contribution in [0.2, 0.25) is 0 Å². The molecule has 2 aliphatic rings.